The summed E-state index contributed by atoms with van der Waals surface area (Å²) < 4.78 is 7.84. The van der Waals surface area contributed by atoms with Gasteiger partial charge in [-0.1, -0.05) is 6.07 Å². The minimum Gasteiger partial charge on any atom is -0.368 e. The molecule has 0 spiro atoms. The molecular weight excluding hydrogens is 226 g/mol. The van der Waals surface area contributed by atoms with Crippen molar-refractivity contribution in [3.8, 4) is 0 Å². The van der Waals surface area contributed by atoms with Crippen LogP contribution in [0, 0.1) is 0 Å². The molecule has 1 aromatic heterocycles. The van der Waals surface area contributed by atoms with E-state index in [9.17, 15) is 0 Å². The topological polar surface area (TPSA) is 53.1 Å². The van der Waals surface area contributed by atoms with Crippen molar-refractivity contribution in [2.24, 2.45) is 12.8 Å². The first kappa shape index (κ1) is 13.1. The van der Waals surface area contributed by atoms with E-state index in [1.54, 1.807) is 0 Å². The Bertz CT molecular complexity index is 552. The fourth-order valence-corrected chi connectivity index (χ4v) is 1.82. The molecule has 0 aliphatic rings. The Morgan fingerprint density at radius 2 is 2.06 bits per heavy atom. The maximum atomic E-state index is 5.77. The third-order valence-corrected chi connectivity index (χ3v) is 2.91. The lowest BCUT2D eigenvalue weighted by Gasteiger charge is -2.19. The SMILES string of the molecule is Cn1c(COC(C)(C)C)nc2ccc(CN)cc21. The molecule has 98 valence electrons. The highest BCUT2D eigenvalue weighted by Gasteiger charge is 2.14. The van der Waals surface area contributed by atoms with Crippen LogP contribution in [0.5, 0.6) is 0 Å². The van der Waals surface area contributed by atoms with E-state index in [4.69, 9.17) is 10.5 Å². The molecule has 0 aliphatic carbocycles. The maximum Gasteiger partial charge on any atom is 0.135 e. The third-order valence-electron chi connectivity index (χ3n) is 2.91. The third kappa shape index (κ3) is 2.71. The number of hydrogen-bond donors (Lipinski definition) is 1. The average molecular weight is 247 g/mol. The van der Waals surface area contributed by atoms with Crippen LogP contribution in [0.1, 0.15) is 32.2 Å². The Morgan fingerprint density at radius 3 is 2.67 bits per heavy atom. The Hall–Kier alpha value is -1.39. The van der Waals surface area contributed by atoms with Crippen molar-refractivity contribution in [2.45, 2.75) is 39.5 Å². The fraction of sp³-hybridized carbons (Fsp3) is 0.500. The molecule has 0 saturated carbocycles. The van der Waals surface area contributed by atoms with Crippen LogP contribution < -0.4 is 5.73 Å². The summed E-state index contributed by atoms with van der Waals surface area (Å²) in [5.74, 6) is 0.939. The van der Waals surface area contributed by atoms with E-state index >= 15 is 0 Å². The molecule has 2 aromatic rings. The van der Waals surface area contributed by atoms with Gasteiger partial charge in [-0.05, 0) is 38.5 Å². The first-order valence-electron chi connectivity index (χ1n) is 6.19. The van der Waals surface area contributed by atoms with Crippen LogP contribution in [0.4, 0.5) is 0 Å². The van der Waals surface area contributed by atoms with E-state index in [2.05, 4.69) is 15.6 Å². The Balaban J connectivity index is 2.32. The van der Waals surface area contributed by atoms with E-state index in [0.29, 0.717) is 13.2 Å². The van der Waals surface area contributed by atoms with Gasteiger partial charge in [0.2, 0.25) is 0 Å². The van der Waals surface area contributed by atoms with E-state index in [-0.39, 0.29) is 5.60 Å². The van der Waals surface area contributed by atoms with Gasteiger partial charge < -0.3 is 15.0 Å². The van der Waals surface area contributed by atoms with Crippen LogP contribution in [0.25, 0.3) is 11.0 Å². The summed E-state index contributed by atoms with van der Waals surface area (Å²) in [6.45, 7) is 7.20. The second-order valence-corrected chi connectivity index (χ2v) is 5.52. The van der Waals surface area contributed by atoms with Crippen molar-refractivity contribution in [3.05, 3.63) is 29.6 Å². The van der Waals surface area contributed by atoms with Crippen LogP contribution in [0.3, 0.4) is 0 Å². The average Bonchev–Trinajstić information content (AvgIpc) is 2.62. The molecule has 4 heteroatoms. The van der Waals surface area contributed by atoms with Crippen molar-refractivity contribution >= 4 is 11.0 Å². The molecule has 0 amide bonds. The van der Waals surface area contributed by atoms with Crippen molar-refractivity contribution in [2.75, 3.05) is 0 Å². The zero-order valence-electron chi connectivity index (χ0n) is 11.5. The molecule has 0 bridgehead atoms. The van der Waals surface area contributed by atoms with E-state index in [1.807, 2.05) is 40.0 Å². The van der Waals surface area contributed by atoms with Gasteiger partial charge in [0.05, 0.1) is 16.6 Å². The summed E-state index contributed by atoms with van der Waals surface area (Å²) >= 11 is 0. The van der Waals surface area contributed by atoms with Crippen molar-refractivity contribution in [3.63, 3.8) is 0 Å². The smallest absolute Gasteiger partial charge is 0.135 e. The van der Waals surface area contributed by atoms with Gasteiger partial charge in [0, 0.05) is 13.6 Å². The monoisotopic (exact) mass is 247 g/mol. The quantitative estimate of drug-likeness (QED) is 0.905. The highest BCUT2D eigenvalue weighted by Crippen LogP contribution is 2.19. The second kappa shape index (κ2) is 4.71. The summed E-state index contributed by atoms with van der Waals surface area (Å²) in [4.78, 5) is 4.59. The minimum absolute atomic E-state index is 0.152. The molecule has 0 unspecified atom stereocenters. The summed E-state index contributed by atoms with van der Waals surface area (Å²) in [6.07, 6.45) is 0. The van der Waals surface area contributed by atoms with Gasteiger partial charge >= 0.3 is 0 Å². The fourth-order valence-electron chi connectivity index (χ4n) is 1.82. The summed E-state index contributed by atoms with van der Waals surface area (Å²) in [6, 6.07) is 6.12. The molecule has 1 heterocycles. The van der Waals surface area contributed by atoms with E-state index in [1.165, 1.54) is 0 Å². The van der Waals surface area contributed by atoms with Crippen LogP contribution in [-0.2, 0) is 24.9 Å². The number of aromatic nitrogens is 2. The van der Waals surface area contributed by atoms with Crippen LogP contribution >= 0.6 is 0 Å². The summed E-state index contributed by atoms with van der Waals surface area (Å²) in [7, 11) is 2.01. The molecule has 2 N–H and O–H groups in total. The zero-order valence-corrected chi connectivity index (χ0v) is 11.5. The van der Waals surface area contributed by atoms with Gasteiger partial charge in [-0.25, -0.2) is 4.98 Å². The molecular formula is C14H21N3O. The minimum atomic E-state index is -0.152. The molecule has 4 nitrogen and oxygen atoms in total. The van der Waals surface area contributed by atoms with Gasteiger partial charge in [-0.3, -0.25) is 0 Å². The molecule has 18 heavy (non-hydrogen) atoms. The van der Waals surface area contributed by atoms with Gasteiger partial charge in [-0.15, -0.1) is 0 Å². The van der Waals surface area contributed by atoms with Crippen molar-refractivity contribution < 1.29 is 4.74 Å². The highest BCUT2D eigenvalue weighted by molar-refractivity contribution is 5.76. The molecule has 2 rings (SSSR count). The highest BCUT2D eigenvalue weighted by atomic mass is 16.5. The van der Waals surface area contributed by atoms with E-state index < -0.39 is 0 Å². The number of nitrogens with two attached hydrogens (primary N) is 1. The Kier molecular flexibility index (Phi) is 3.41. The zero-order chi connectivity index (χ0) is 13.3. The number of rotatable bonds is 3. The standard InChI is InChI=1S/C14H21N3O/c1-14(2,3)18-9-13-16-11-6-5-10(8-15)7-12(11)17(13)4/h5-7H,8-9,15H2,1-4H3. The number of hydrogen-bond acceptors (Lipinski definition) is 3. The molecule has 0 radical (unpaired) electrons. The molecule has 0 saturated heterocycles. The molecule has 0 atom stereocenters. The lowest BCUT2D eigenvalue weighted by molar-refractivity contribution is -0.0188. The lowest BCUT2D eigenvalue weighted by atomic mass is 10.2. The number of aryl methyl sites for hydroxylation is 1. The maximum absolute atomic E-state index is 5.77. The number of imidazole rings is 1. The van der Waals surface area contributed by atoms with Gasteiger partial charge in [0.1, 0.15) is 12.4 Å². The number of ether oxygens (including phenoxy) is 1. The molecule has 0 aliphatic heterocycles. The number of nitrogens with zero attached hydrogens (tertiary/aromatic N) is 2. The second-order valence-electron chi connectivity index (χ2n) is 5.52. The molecule has 1 aromatic carbocycles. The first-order chi connectivity index (χ1) is 8.40. The normalized spacial score (nSPS) is 12.3. The first-order valence-corrected chi connectivity index (χ1v) is 6.19. The van der Waals surface area contributed by atoms with Gasteiger partial charge in [0.25, 0.3) is 0 Å². The number of fused-ring (bicyclic) bond motifs is 1. The largest absolute Gasteiger partial charge is 0.368 e. The van der Waals surface area contributed by atoms with E-state index in [0.717, 1.165) is 22.4 Å². The summed E-state index contributed by atoms with van der Waals surface area (Å²) in [5, 5.41) is 0. The van der Waals surface area contributed by atoms with Crippen LogP contribution in [0.2, 0.25) is 0 Å². The Morgan fingerprint density at radius 1 is 1.33 bits per heavy atom. The van der Waals surface area contributed by atoms with Gasteiger partial charge in [0.15, 0.2) is 0 Å². The predicted molar refractivity (Wildman–Crippen MR) is 73.1 cm³/mol. The van der Waals surface area contributed by atoms with Crippen molar-refractivity contribution in [1.29, 1.82) is 0 Å². The van der Waals surface area contributed by atoms with Gasteiger partial charge in [-0.2, -0.15) is 0 Å². The molecule has 0 fully saturated rings. The number of benzene rings is 1. The Labute approximate surface area is 108 Å². The predicted octanol–water partition coefficient (Wildman–Crippen LogP) is 2.35. The summed E-state index contributed by atoms with van der Waals surface area (Å²) in [5.41, 5.74) is 8.72. The van der Waals surface area contributed by atoms with Crippen LogP contribution in [0.15, 0.2) is 18.2 Å². The van der Waals surface area contributed by atoms with Crippen molar-refractivity contribution in [1.82, 2.24) is 9.55 Å². The lowest BCUT2D eigenvalue weighted by Crippen LogP contribution is -2.19. The van der Waals surface area contributed by atoms with Crippen LogP contribution in [-0.4, -0.2) is 15.2 Å².